The Kier molecular flexibility index (Phi) is 5.35. The van der Waals surface area contributed by atoms with Crippen molar-refractivity contribution in [2.24, 2.45) is 5.41 Å². The van der Waals surface area contributed by atoms with E-state index in [2.05, 4.69) is 49.4 Å². The summed E-state index contributed by atoms with van der Waals surface area (Å²) in [6.45, 7) is 14.1. The van der Waals surface area contributed by atoms with Crippen LogP contribution in [0.4, 0.5) is 0 Å². The van der Waals surface area contributed by atoms with Crippen molar-refractivity contribution in [3.8, 4) is 0 Å². The van der Waals surface area contributed by atoms with Gasteiger partial charge in [0.15, 0.2) is 0 Å². The Balaban J connectivity index is 1.86. The molecule has 0 amide bonds. The average Bonchev–Trinajstić information content (AvgIpc) is 2.83. The summed E-state index contributed by atoms with van der Waals surface area (Å²) in [5.74, 6) is 0. The molecule has 2 heterocycles. The molecule has 20 heavy (non-hydrogen) atoms. The second-order valence-electron chi connectivity index (χ2n) is 6.48. The number of rotatable bonds is 5. The Morgan fingerprint density at radius 2 is 2.20 bits per heavy atom. The second-order valence-corrected chi connectivity index (χ2v) is 7.42. The van der Waals surface area contributed by atoms with Crippen LogP contribution in [0.5, 0.6) is 0 Å². The summed E-state index contributed by atoms with van der Waals surface area (Å²) in [5, 5.41) is 6.73. The summed E-state index contributed by atoms with van der Waals surface area (Å²) in [6, 6.07) is 0. The summed E-state index contributed by atoms with van der Waals surface area (Å²) in [6.07, 6.45) is 3.60. The molecule has 0 atom stereocenters. The molecule has 0 fully saturated rings. The lowest BCUT2D eigenvalue weighted by Crippen LogP contribution is -2.31. The summed E-state index contributed by atoms with van der Waals surface area (Å²) in [5.41, 5.74) is 3.14. The van der Waals surface area contributed by atoms with Gasteiger partial charge in [0, 0.05) is 31.6 Å². The highest BCUT2D eigenvalue weighted by Gasteiger charge is 2.21. The molecular formula is C16H27N3S. The number of hydrogen-bond acceptors (Lipinski definition) is 4. The largest absolute Gasteiger partial charge is 0.311 e. The number of nitrogens with one attached hydrogen (secondary N) is 1. The summed E-state index contributed by atoms with van der Waals surface area (Å²) >= 11 is 1.77. The SMILES string of the molecule is CCNCc1nc(CN2CC=C(C(C)(C)C)CC2)cs1. The standard InChI is InChI=1S/C16H27N3S/c1-5-17-10-15-18-14(12-20-15)11-19-8-6-13(7-9-19)16(2,3)4/h6,12,17H,5,7-11H2,1-4H3. The smallest absolute Gasteiger partial charge is 0.107 e. The van der Waals surface area contributed by atoms with E-state index in [1.54, 1.807) is 16.9 Å². The first kappa shape index (κ1) is 15.7. The van der Waals surface area contributed by atoms with Gasteiger partial charge in [-0.25, -0.2) is 4.98 Å². The van der Waals surface area contributed by atoms with Crippen molar-refractivity contribution >= 4 is 11.3 Å². The minimum atomic E-state index is 0.325. The fourth-order valence-corrected chi connectivity index (χ4v) is 3.25. The van der Waals surface area contributed by atoms with Gasteiger partial charge >= 0.3 is 0 Å². The third-order valence-corrected chi connectivity index (χ3v) is 4.67. The van der Waals surface area contributed by atoms with Crippen molar-refractivity contribution in [1.29, 1.82) is 0 Å². The van der Waals surface area contributed by atoms with Crippen molar-refractivity contribution in [3.63, 3.8) is 0 Å². The zero-order valence-corrected chi connectivity index (χ0v) is 14.0. The minimum absolute atomic E-state index is 0.325. The molecular weight excluding hydrogens is 266 g/mol. The van der Waals surface area contributed by atoms with Crippen LogP contribution in [-0.2, 0) is 13.1 Å². The van der Waals surface area contributed by atoms with E-state index in [1.807, 2.05) is 0 Å². The fraction of sp³-hybridized carbons (Fsp3) is 0.688. The molecule has 0 spiro atoms. The fourth-order valence-electron chi connectivity index (χ4n) is 2.50. The first-order valence-corrected chi connectivity index (χ1v) is 8.43. The van der Waals surface area contributed by atoms with Crippen LogP contribution in [0, 0.1) is 5.41 Å². The zero-order chi connectivity index (χ0) is 14.6. The highest BCUT2D eigenvalue weighted by molar-refractivity contribution is 7.09. The van der Waals surface area contributed by atoms with Gasteiger partial charge in [0.2, 0.25) is 0 Å². The molecule has 112 valence electrons. The third-order valence-electron chi connectivity index (χ3n) is 3.77. The predicted molar refractivity (Wildman–Crippen MR) is 86.9 cm³/mol. The van der Waals surface area contributed by atoms with Gasteiger partial charge in [0.05, 0.1) is 5.69 Å². The molecule has 1 aliphatic heterocycles. The molecule has 0 aromatic carbocycles. The molecule has 0 bridgehead atoms. The topological polar surface area (TPSA) is 28.2 Å². The van der Waals surface area contributed by atoms with Crippen LogP contribution in [0.25, 0.3) is 0 Å². The number of nitrogens with zero attached hydrogens (tertiary/aromatic N) is 2. The van der Waals surface area contributed by atoms with E-state index < -0.39 is 0 Å². The molecule has 1 N–H and O–H groups in total. The van der Waals surface area contributed by atoms with E-state index in [4.69, 9.17) is 4.98 Å². The minimum Gasteiger partial charge on any atom is -0.311 e. The Labute approximate surface area is 127 Å². The predicted octanol–water partition coefficient (Wildman–Crippen LogP) is 3.43. The van der Waals surface area contributed by atoms with Gasteiger partial charge in [0.1, 0.15) is 5.01 Å². The van der Waals surface area contributed by atoms with Crippen molar-refractivity contribution < 1.29 is 0 Å². The lowest BCUT2D eigenvalue weighted by Gasteiger charge is -2.31. The molecule has 0 saturated heterocycles. The van der Waals surface area contributed by atoms with E-state index in [0.29, 0.717) is 5.41 Å². The molecule has 0 radical (unpaired) electrons. The van der Waals surface area contributed by atoms with E-state index in [-0.39, 0.29) is 0 Å². The van der Waals surface area contributed by atoms with E-state index in [9.17, 15) is 0 Å². The molecule has 0 aliphatic carbocycles. The van der Waals surface area contributed by atoms with Gasteiger partial charge in [-0.15, -0.1) is 11.3 Å². The maximum absolute atomic E-state index is 4.70. The Morgan fingerprint density at radius 1 is 1.40 bits per heavy atom. The van der Waals surface area contributed by atoms with E-state index in [0.717, 1.165) is 32.7 Å². The molecule has 1 aromatic heterocycles. The lowest BCUT2D eigenvalue weighted by molar-refractivity contribution is 0.269. The van der Waals surface area contributed by atoms with Crippen LogP contribution in [0.1, 0.15) is 44.8 Å². The quantitative estimate of drug-likeness (QED) is 0.843. The van der Waals surface area contributed by atoms with Gasteiger partial charge < -0.3 is 5.32 Å². The molecule has 1 aromatic rings. The molecule has 4 heteroatoms. The maximum Gasteiger partial charge on any atom is 0.107 e. The lowest BCUT2D eigenvalue weighted by atomic mass is 9.83. The first-order valence-electron chi connectivity index (χ1n) is 7.55. The Morgan fingerprint density at radius 3 is 2.80 bits per heavy atom. The number of aromatic nitrogens is 1. The van der Waals surface area contributed by atoms with Crippen LogP contribution in [0.15, 0.2) is 17.0 Å². The Hall–Kier alpha value is -0.710. The normalized spacial score (nSPS) is 17.3. The molecule has 3 nitrogen and oxygen atoms in total. The zero-order valence-electron chi connectivity index (χ0n) is 13.2. The van der Waals surface area contributed by atoms with Gasteiger partial charge in [-0.05, 0) is 18.4 Å². The third kappa shape index (κ3) is 4.40. The first-order chi connectivity index (χ1) is 9.49. The van der Waals surface area contributed by atoms with Crippen LogP contribution in [0.2, 0.25) is 0 Å². The number of hydrogen-bond donors (Lipinski definition) is 1. The highest BCUT2D eigenvalue weighted by atomic mass is 32.1. The van der Waals surface area contributed by atoms with Crippen molar-refractivity contribution in [1.82, 2.24) is 15.2 Å². The van der Waals surface area contributed by atoms with Crippen LogP contribution in [0.3, 0.4) is 0 Å². The van der Waals surface area contributed by atoms with Crippen LogP contribution in [-0.4, -0.2) is 29.5 Å². The summed E-state index contributed by atoms with van der Waals surface area (Å²) in [4.78, 5) is 7.19. The summed E-state index contributed by atoms with van der Waals surface area (Å²) < 4.78 is 0. The van der Waals surface area contributed by atoms with E-state index in [1.165, 1.54) is 17.1 Å². The van der Waals surface area contributed by atoms with Gasteiger partial charge in [-0.2, -0.15) is 0 Å². The maximum atomic E-state index is 4.70. The highest BCUT2D eigenvalue weighted by Crippen LogP contribution is 2.30. The summed E-state index contributed by atoms with van der Waals surface area (Å²) in [7, 11) is 0. The van der Waals surface area contributed by atoms with Gasteiger partial charge in [-0.3, -0.25) is 4.90 Å². The molecule has 0 unspecified atom stereocenters. The number of thiazole rings is 1. The van der Waals surface area contributed by atoms with Gasteiger partial charge in [-0.1, -0.05) is 39.3 Å². The Bertz CT molecular complexity index is 457. The van der Waals surface area contributed by atoms with Gasteiger partial charge in [0.25, 0.3) is 0 Å². The average molecular weight is 293 g/mol. The second kappa shape index (κ2) is 6.83. The molecule has 2 rings (SSSR count). The van der Waals surface area contributed by atoms with Crippen molar-refractivity contribution in [2.45, 2.75) is 47.2 Å². The van der Waals surface area contributed by atoms with E-state index >= 15 is 0 Å². The van der Waals surface area contributed by atoms with Crippen molar-refractivity contribution in [3.05, 3.63) is 27.7 Å². The van der Waals surface area contributed by atoms with Crippen LogP contribution < -0.4 is 5.32 Å². The monoisotopic (exact) mass is 293 g/mol. The molecule has 0 saturated carbocycles. The van der Waals surface area contributed by atoms with Crippen LogP contribution >= 0.6 is 11.3 Å². The molecule has 1 aliphatic rings. The van der Waals surface area contributed by atoms with Crippen molar-refractivity contribution in [2.75, 3.05) is 19.6 Å².